The summed E-state index contributed by atoms with van der Waals surface area (Å²) < 4.78 is 40.9. The number of aromatic nitrogens is 4. The topological polar surface area (TPSA) is 101 Å². The van der Waals surface area contributed by atoms with Gasteiger partial charge in [0.2, 0.25) is 16.0 Å². The van der Waals surface area contributed by atoms with E-state index in [0.29, 0.717) is 28.9 Å². The average molecular weight is 425 g/mol. The van der Waals surface area contributed by atoms with Crippen LogP contribution in [0.25, 0.3) is 16.2 Å². The zero-order valence-corrected chi connectivity index (χ0v) is 16.2. The number of carbonyl (C=O) groups is 1. The van der Waals surface area contributed by atoms with Crippen molar-refractivity contribution in [2.24, 2.45) is 0 Å². The first-order chi connectivity index (χ1) is 13.7. The molecule has 29 heavy (non-hydrogen) atoms. The number of nitrogens with two attached hydrogens (primary N) is 1. The van der Waals surface area contributed by atoms with E-state index in [4.69, 9.17) is 5.73 Å². The minimum atomic E-state index is -4.60. The van der Waals surface area contributed by atoms with E-state index in [2.05, 4.69) is 20.4 Å². The first kappa shape index (κ1) is 19.4. The molecule has 8 nitrogen and oxygen atoms in total. The van der Waals surface area contributed by atoms with Crippen LogP contribution >= 0.6 is 11.3 Å². The van der Waals surface area contributed by atoms with Crippen LogP contribution in [0.1, 0.15) is 25.3 Å². The second-order valence-corrected chi connectivity index (χ2v) is 7.78. The molecule has 4 rings (SSSR count). The maximum atomic E-state index is 13.1. The van der Waals surface area contributed by atoms with Gasteiger partial charge in [0.05, 0.1) is 17.5 Å². The van der Waals surface area contributed by atoms with Gasteiger partial charge in [-0.1, -0.05) is 11.3 Å². The molecule has 3 N–H and O–H groups in total. The van der Waals surface area contributed by atoms with E-state index in [0.717, 1.165) is 18.9 Å². The fourth-order valence-corrected chi connectivity index (χ4v) is 4.16. The summed E-state index contributed by atoms with van der Waals surface area (Å²) in [7, 11) is 0. The Morgan fingerprint density at radius 1 is 1.28 bits per heavy atom. The molecule has 0 spiro atoms. The van der Waals surface area contributed by atoms with Gasteiger partial charge in [-0.3, -0.25) is 4.79 Å². The summed E-state index contributed by atoms with van der Waals surface area (Å²) in [5.41, 5.74) is 5.01. The SMILES string of the molecule is CC(=O)N1CCC(Nc2nn3c(-c4cnc(N)c(C(F)(F)F)c4)cnc3s2)CC1. The normalized spacial score (nSPS) is 15.8. The molecule has 12 heteroatoms. The van der Waals surface area contributed by atoms with E-state index in [1.54, 1.807) is 11.8 Å². The molecule has 1 fully saturated rings. The number of anilines is 2. The largest absolute Gasteiger partial charge is 0.419 e. The summed E-state index contributed by atoms with van der Waals surface area (Å²) in [5, 5.41) is 8.41. The van der Waals surface area contributed by atoms with Crippen molar-refractivity contribution in [2.45, 2.75) is 32.0 Å². The molecule has 0 atom stereocenters. The average Bonchev–Trinajstić information content (AvgIpc) is 3.22. The number of hydrogen-bond donors (Lipinski definition) is 2. The maximum Gasteiger partial charge on any atom is 0.419 e. The summed E-state index contributed by atoms with van der Waals surface area (Å²) >= 11 is 1.31. The maximum absolute atomic E-state index is 13.1. The first-order valence-corrected chi connectivity index (χ1v) is 9.73. The number of nitrogen functional groups attached to an aromatic ring is 1. The van der Waals surface area contributed by atoms with Crippen molar-refractivity contribution in [1.29, 1.82) is 0 Å². The van der Waals surface area contributed by atoms with Crippen LogP contribution in [0.2, 0.25) is 0 Å². The minimum Gasteiger partial charge on any atom is -0.383 e. The van der Waals surface area contributed by atoms with Crippen LogP contribution in [0.3, 0.4) is 0 Å². The Bertz CT molecular complexity index is 1050. The molecule has 0 bridgehead atoms. The molecular weight excluding hydrogens is 407 g/mol. The predicted molar refractivity (Wildman–Crippen MR) is 102 cm³/mol. The Balaban J connectivity index is 1.57. The van der Waals surface area contributed by atoms with Crippen molar-refractivity contribution >= 4 is 33.2 Å². The third kappa shape index (κ3) is 3.84. The molecule has 0 aliphatic carbocycles. The van der Waals surface area contributed by atoms with Crippen LogP contribution in [-0.2, 0) is 11.0 Å². The minimum absolute atomic E-state index is 0.0659. The number of nitrogens with zero attached hydrogens (tertiary/aromatic N) is 5. The summed E-state index contributed by atoms with van der Waals surface area (Å²) in [6, 6.07) is 1.12. The van der Waals surface area contributed by atoms with Gasteiger partial charge in [0.1, 0.15) is 5.82 Å². The number of piperidine rings is 1. The van der Waals surface area contributed by atoms with E-state index < -0.39 is 17.6 Å². The van der Waals surface area contributed by atoms with Crippen LogP contribution in [0, 0.1) is 0 Å². The van der Waals surface area contributed by atoms with Crippen molar-refractivity contribution in [3.63, 3.8) is 0 Å². The van der Waals surface area contributed by atoms with Crippen molar-refractivity contribution in [3.8, 4) is 11.3 Å². The number of amides is 1. The van der Waals surface area contributed by atoms with Gasteiger partial charge < -0.3 is 16.0 Å². The predicted octanol–water partition coefficient (Wildman–Crippen LogP) is 2.88. The number of imidazole rings is 1. The Kier molecular flexibility index (Phi) is 4.81. The summed E-state index contributed by atoms with van der Waals surface area (Å²) in [4.78, 5) is 21.7. The van der Waals surface area contributed by atoms with Gasteiger partial charge in [-0.15, -0.1) is 5.10 Å². The molecule has 0 radical (unpaired) electrons. The third-order valence-electron chi connectivity index (χ3n) is 4.87. The van der Waals surface area contributed by atoms with Crippen LogP contribution in [0.4, 0.5) is 24.1 Å². The molecule has 4 heterocycles. The first-order valence-electron chi connectivity index (χ1n) is 8.92. The van der Waals surface area contributed by atoms with Crippen LogP contribution < -0.4 is 11.1 Å². The highest BCUT2D eigenvalue weighted by Gasteiger charge is 2.34. The number of fused-ring (bicyclic) bond motifs is 1. The fraction of sp³-hybridized carbons (Fsp3) is 0.412. The highest BCUT2D eigenvalue weighted by atomic mass is 32.1. The van der Waals surface area contributed by atoms with Gasteiger partial charge in [-0.25, -0.2) is 14.5 Å². The Morgan fingerprint density at radius 2 is 2.00 bits per heavy atom. The molecule has 1 aliphatic heterocycles. The molecule has 0 unspecified atom stereocenters. The lowest BCUT2D eigenvalue weighted by Crippen LogP contribution is -2.41. The number of nitrogens with one attached hydrogen (secondary N) is 1. The molecule has 3 aromatic heterocycles. The lowest BCUT2D eigenvalue weighted by atomic mass is 10.1. The molecule has 0 aromatic carbocycles. The van der Waals surface area contributed by atoms with Crippen molar-refractivity contribution in [1.82, 2.24) is 24.5 Å². The zero-order chi connectivity index (χ0) is 20.8. The number of alkyl halides is 3. The van der Waals surface area contributed by atoms with E-state index in [-0.39, 0.29) is 17.5 Å². The summed E-state index contributed by atoms with van der Waals surface area (Å²) in [5.74, 6) is -0.504. The molecule has 1 saturated heterocycles. The molecule has 154 valence electrons. The van der Waals surface area contributed by atoms with Crippen molar-refractivity contribution < 1.29 is 18.0 Å². The van der Waals surface area contributed by atoms with Crippen molar-refractivity contribution in [2.75, 3.05) is 24.1 Å². The highest BCUT2D eigenvalue weighted by Crippen LogP contribution is 2.35. The summed E-state index contributed by atoms with van der Waals surface area (Å²) in [6.45, 7) is 2.91. The Morgan fingerprint density at radius 3 is 2.66 bits per heavy atom. The lowest BCUT2D eigenvalue weighted by molar-refractivity contribution is -0.137. The number of halogens is 3. The monoisotopic (exact) mass is 425 g/mol. The highest BCUT2D eigenvalue weighted by molar-refractivity contribution is 7.20. The van der Waals surface area contributed by atoms with E-state index in [1.165, 1.54) is 28.2 Å². The second kappa shape index (κ2) is 7.17. The van der Waals surface area contributed by atoms with Crippen LogP contribution in [-0.4, -0.2) is 49.5 Å². The summed E-state index contributed by atoms with van der Waals surface area (Å²) in [6.07, 6.45) is -0.268. The zero-order valence-electron chi connectivity index (χ0n) is 15.4. The van der Waals surface area contributed by atoms with E-state index in [9.17, 15) is 18.0 Å². The number of carbonyl (C=O) groups excluding carboxylic acids is 1. The molecule has 0 saturated carbocycles. The molecule has 1 aliphatic rings. The van der Waals surface area contributed by atoms with E-state index >= 15 is 0 Å². The molecule has 1 amide bonds. The van der Waals surface area contributed by atoms with Gasteiger partial charge in [0.25, 0.3) is 0 Å². The van der Waals surface area contributed by atoms with Gasteiger partial charge in [0.15, 0.2) is 0 Å². The number of pyridine rings is 1. The van der Waals surface area contributed by atoms with Crippen LogP contribution in [0.15, 0.2) is 18.5 Å². The number of likely N-dealkylation sites (tertiary alicyclic amines) is 1. The number of rotatable bonds is 3. The Hall–Kier alpha value is -2.89. The third-order valence-corrected chi connectivity index (χ3v) is 5.73. The van der Waals surface area contributed by atoms with E-state index in [1.807, 2.05) is 0 Å². The smallest absolute Gasteiger partial charge is 0.383 e. The number of hydrogen-bond acceptors (Lipinski definition) is 7. The van der Waals surface area contributed by atoms with Crippen molar-refractivity contribution in [3.05, 3.63) is 24.0 Å². The van der Waals surface area contributed by atoms with Gasteiger partial charge in [0, 0.05) is 37.8 Å². The fourth-order valence-electron chi connectivity index (χ4n) is 3.30. The van der Waals surface area contributed by atoms with Gasteiger partial charge in [-0.2, -0.15) is 13.2 Å². The van der Waals surface area contributed by atoms with Gasteiger partial charge in [-0.05, 0) is 18.9 Å². The standard InChI is InChI=1S/C17H18F3N7OS/c1-9(28)26-4-2-11(3-5-26)24-15-25-27-13(8-23-16(27)29-15)10-6-12(17(18,19)20)14(21)22-7-10/h6-8,11H,2-5H2,1H3,(H2,21,22)(H,24,25). The molecule has 3 aromatic rings. The van der Waals surface area contributed by atoms with Crippen LogP contribution in [0.5, 0.6) is 0 Å². The Labute approximate surface area is 167 Å². The quantitative estimate of drug-likeness (QED) is 0.669. The lowest BCUT2D eigenvalue weighted by Gasteiger charge is -2.31. The molecular formula is C17H18F3N7OS. The van der Waals surface area contributed by atoms with Gasteiger partial charge >= 0.3 is 6.18 Å². The second-order valence-electron chi connectivity index (χ2n) is 6.82.